The molecule has 0 spiro atoms. The van der Waals surface area contributed by atoms with Gasteiger partial charge in [0.1, 0.15) is 0 Å². The Labute approximate surface area is 112 Å². The van der Waals surface area contributed by atoms with Crippen molar-refractivity contribution in [1.29, 1.82) is 0 Å². The summed E-state index contributed by atoms with van der Waals surface area (Å²) in [6, 6.07) is 8.10. The highest BCUT2D eigenvalue weighted by molar-refractivity contribution is 5.53. The van der Waals surface area contributed by atoms with Gasteiger partial charge in [0.25, 0.3) is 0 Å². The Morgan fingerprint density at radius 2 is 1.95 bits per heavy atom. The molecule has 2 aromatic rings. The molecule has 1 aliphatic heterocycles. The number of rotatable bonds is 3. The first kappa shape index (κ1) is 12.0. The Morgan fingerprint density at radius 3 is 2.58 bits per heavy atom. The number of piperidine rings is 1. The minimum Gasteiger partial charge on any atom is -0.399 e. The van der Waals surface area contributed by atoms with E-state index in [0.717, 1.165) is 31.0 Å². The van der Waals surface area contributed by atoms with Crippen LogP contribution in [0.2, 0.25) is 0 Å². The van der Waals surface area contributed by atoms with Crippen molar-refractivity contribution in [2.45, 2.75) is 19.3 Å². The first-order valence-electron chi connectivity index (χ1n) is 6.64. The standard InChI is InChI=1S/C13H18N6/c14-11-1-3-12(4-2-11)19-7-5-10(6-8-19)9-13-15-17-18-16-13/h1-4,10H,5-9,14H2,(H,15,16,17,18). The van der Waals surface area contributed by atoms with Gasteiger partial charge in [-0.2, -0.15) is 5.21 Å². The quantitative estimate of drug-likeness (QED) is 0.809. The lowest BCUT2D eigenvalue weighted by Crippen LogP contribution is -2.34. The summed E-state index contributed by atoms with van der Waals surface area (Å²) >= 11 is 0. The number of hydrogen-bond acceptors (Lipinski definition) is 5. The van der Waals surface area contributed by atoms with Crippen molar-refractivity contribution in [3.63, 3.8) is 0 Å². The zero-order chi connectivity index (χ0) is 13.1. The zero-order valence-corrected chi connectivity index (χ0v) is 10.8. The monoisotopic (exact) mass is 258 g/mol. The van der Waals surface area contributed by atoms with Crippen LogP contribution in [0.15, 0.2) is 24.3 Å². The summed E-state index contributed by atoms with van der Waals surface area (Å²) in [6.07, 6.45) is 3.25. The Kier molecular flexibility index (Phi) is 3.31. The highest BCUT2D eigenvalue weighted by atomic mass is 15.5. The van der Waals surface area contributed by atoms with Crippen LogP contribution >= 0.6 is 0 Å². The number of aromatic nitrogens is 4. The van der Waals surface area contributed by atoms with E-state index in [2.05, 4.69) is 37.7 Å². The van der Waals surface area contributed by atoms with Gasteiger partial charge in [0, 0.05) is 30.9 Å². The fourth-order valence-corrected chi connectivity index (χ4v) is 2.61. The molecule has 100 valence electrons. The lowest BCUT2D eigenvalue weighted by molar-refractivity contribution is 0.397. The van der Waals surface area contributed by atoms with Crippen LogP contribution in [0.3, 0.4) is 0 Å². The van der Waals surface area contributed by atoms with Crippen LogP contribution in [-0.2, 0) is 6.42 Å². The number of hydrogen-bond donors (Lipinski definition) is 2. The summed E-state index contributed by atoms with van der Waals surface area (Å²) in [6.45, 7) is 2.15. The lowest BCUT2D eigenvalue weighted by Gasteiger charge is -2.33. The smallest absolute Gasteiger partial charge is 0.174 e. The summed E-state index contributed by atoms with van der Waals surface area (Å²) in [5.74, 6) is 1.48. The number of nitrogens with two attached hydrogens (primary N) is 1. The van der Waals surface area contributed by atoms with Crippen LogP contribution in [0.5, 0.6) is 0 Å². The molecule has 1 aromatic heterocycles. The summed E-state index contributed by atoms with van der Waals surface area (Å²) < 4.78 is 0. The molecule has 0 aliphatic carbocycles. The molecule has 3 rings (SSSR count). The van der Waals surface area contributed by atoms with Crippen molar-refractivity contribution in [2.75, 3.05) is 23.7 Å². The first-order valence-corrected chi connectivity index (χ1v) is 6.64. The lowest BCUT2D eigenvalue weighted by atomic mass is 9.93. The van der Waals surface area contributed by atoms with Crippen LogP contribution < -0.4 is 10.6 Å². The van der Waals surface area contributed by atoms with Crippen molar-refractivity contribution >= 4 is 11.4 Å². The molecule has 3 N–H and O–H groups in total. The van der Waals surface area contributed by atoms with E-state index in [0.29, 0.717) is 5.92 Å². The largest absolute Gasteiger partial charge is 0.399 e. The van der Waals surface area contributed by atoms with Gasteiger partial charge >= 0.3 is 0 Å². The van der Waals surface area contributed by atoms with E-state index in [-0.39, 0.29) is 0 Å². The number of nitrogen functional groups attached to an aromatic ring is 1. The average Bonchev–Trinajstić information content (AvgIpc) is 2.94. The van der Waals surface area contributed by atoms with Crippen LogP contribution in [0.25, 0.3) is 0 Å². The minimum atomic E-state index is 0.655. The van der Waals surface area contributed by atoms with Gasteiger partial charge in [-0.05, 0) is 43.0 Å². The summed E-state index contributed by atoms with van der Waals surface area (Å²) in [5.41, 5.74) is 7.78. The molecular formula is C13H18N6. The van der Waals surface area contributed by atoms with E-state index in [9.17, 15) is 0 Å². The molecule has 1 saturated heterocycles. The predicted molar refractivity (Wildman–Crippen MR) is 73.7 cm³/mol. The molecule has 0 bridgehead atoms. The molecule has 0 unspecified atom stereocenters. The first-order chi connectivity index (χ1) is 9.31. The van der Waals surface area contributed by atoms with Gasteiger partial charge in [-0.1, -0.05) is 5.21 Å². The maximum Gasteiger partial charge on any atom is 0.174 e. The molecule has 0 radical (unpaired) electrons. The van der Waals surface area contributed by atoms with Gasteiger partial charge < -0.3 is 10.6 Å². The van der Waals surface area contributed by atoms with E-state index in [1.807, 2.05) is 12.1 Å². The van der Waals surface area contributed by atoms with E-state index >= 15 is 0 Å². The fraction of sp³-hybridized carbons (Fsp3) is 0.462. The number of nitrogens with zero attached hydrogens (tertiary/aromatic N) is 4. The van der Waals surface area contributed by atoms with Gasteiger partial charge in [-0.15, -0.1) is 10.2 Å². The number of H-pyrrole nitrogens is 1. The maximum absolute atomic E-state index is 5.71. The third-order valence-corrected chi connectivity index (χ3v) is 3.73. The molecule has 1 aromatic carbocycles. The van der Waals surface area contributed by atoms with Gasteiger partial charge in [0.05, 0.1) is 0 Å². The number of aromatic amines is 1. The number of nitrogens with one attached hydrogen (secondary N) is 1. The highest BCUT2D eigenvalue weighted by Gasteiger charge is 2.20. The zero-order valence-electron chi connectivity index (χ0n) is 10.8. The van der Waals surface area contributed by atoms with Crippen molar-refractivity contribution in [1.82, 2.24) is 20.6 Å². The molecule has 0 saturated carbocycles. The maximum atomic E-state index is 5.71. The van der Waals surface area contributed by atoms with Gasteiger partial charge in [-0.3, -0.25) is 0 Å². The Bertz CT molecular complexity index is 498. The fourth-order valence-electron chi connectivity index (χ4n) is 2.61. The number of anilines is 2. The number of benzene rings is 1. The molecule has 6 heteroatoms. The van der Waals surface area contributed by atoms with Gasteiger partial charge in [0.15, 0.2) is 5.82 Å². The van der Waals surface area contributed by atoms with E-state index in [1.165, 1.54) is 18.5 Å². The van der Waals surface area contributed by atoms with E-state index in [1.54, 1.807) is 0 Å². The van der Waals surface area contributed by atoms with Crippen molar-refractivity contribution in [3.8, 4) is 0 Å². The van der Waals surface area contributed by atoms with Crippen LogP contribution in [0.4, 0.5) is 11.4 Å². The molecule has 1 aliphatic rings. The third-order valence-electron chi connectivity index (χ3n) is 3.73. The van der Waals surface area contributed by atoms with E-state index in [4.69, 9.17) is 5.73 Å². The molecule has 1 fully saturated rings. The molecule has 0 atom stereocenters. The van der Waals surface area contributed by atoms with Crippen LogP contribution in [0.1, 0.15) is 18.7 Å². The van der Waals surface area contributed by atoms with Crippen molar-refractivity contribution in [3.05, 3.63) is 30.1 Å². The van der Waals surface area contributed by atoms with Crippen molar-refractivity contribution in [2.24, 2.45) is 5.92 Å². The third kappa shape index (κ3) is 2.83. The SMILES string of the molecule is Nc1ccc(N2CCC(Cc3nn[nH]n3)CC2)cc1. The predicted octanol–water partition coefficient (Wildman–Crippen LogP) is 1.24. The second kappa shape index (κ2) is 5.26. The second-order valence-electron chi connectivity index (χ2n) is 5.05. The molecule has 2 heterocycles. The molecule has 19 heavy (non-hydrogen) atoms. The molecule has 0 amide bonds. The normalized spacial score (nSPS) is 16.7. The average molecular weight is 258 g/mol. The Balaban J connectivity index is 1.56. The van der Waals surface area contributed by atoms with Crippen LogP contribution in [-0.4, -0.2) is 33.7 Å². The summed E-state index contributed by atoms with van der Waals surface area (Å²) in [4.78, 5) is 2.41. The van der Waals surface area contributed by atoms with Gasteiger partial charge in [-0.25, -0.2) is 0 Å². The summed E-state index contributed by atoms with van der Waals surface area (Å²) in [5, 5.41) is 14.2. The molecular weight excluding hydrogens is 240 g/mol. The minimum absolute atomic E-state index is 0.655. The van der Waals surface area contributed by atoms with Gasteiger partial charge in [0.2, 0.25) is 0 Å². The van der Waals surface area contributed by atoms with E-state index < -0.39 is 0 Å². The summed E-state index contributed by atoms with van der Waals surface area (Å²) in [7, 11) is 0. The second-order valence-corrected chi connectivity index (χ2v) is 5.05. The Hall–Kier alpha value is -2.11. The Morgan fingerprint density at radius 1 is 1.21 bits per heavy atom. The molecule has 6 nitrogen and oxygen atoms in total. The van der Waals surface area contributed by atoms with Crippen molar-refractivity contribution < 1.29 is 0 Å². The topological polar surface area (TPSA) is 83.7 Å². The number of tetrazole rings is 1. The highest BCUT2D eigenvalue weighted by Crippen LogP contribution is 2.25. The van der Waals surface area contributed by atoms with Crippen LogP contribution in [0, 0.1) is 5.92 Å².